The summed E-state index contributed by atoms with van der Waals surface area (Å²) in [6.07, 6.45) is 0. The zero-order valence-corrected chi connectivity index (χ0v) is 23.1. The summed E-state index contributed by atoms with van der Waals surface area (Å²) in [6, 6.07) is 29.9. The summed E-state index contributed by atoms with van der Waals surface area (Å²) in [5.41, 5.74) is 4.12. The Kier molecular flexibility index (Phi) is 8.48. The molecule has 0 aliphatic rings. The van der Waals surface area contributed by atoms with E-state index in [1.807, 2.05) is 72.8 Å². The van der Waals surface area contributed by atoms with Crippen LogP contribution in [0.3, 0.4) is 0 Å². The third-order valence-electron chi connectivity index (χ3n) is 5.76. The molecule has 0 saturated carbocycles. The van der Waals surface area contributed by atoms with Crippen molar-refractivity contribution < 1.29 is 14.3 Å². The Balaban J connectivity index is 1.39. The number of anilines is 4. The van der Waals surface area contributed by atoms with E-state index in [1.54, 1.807) is 24.3 Å². The van der Waals surface area contributed by atoms with Crippen LogP contribution < -0.4 is 20.7 Å². The smallest absolute Gasteiger partial charge is 0.262 e. The average molecular weight is 573 g/mol. The van der Waals surface area contributed by atoms with E-state index in [4.69, 9.17) is 4.74 Å². The van der Waals surface area contributed by atoms with Crippen LogP contribution in [0.1, 0.15) is 36.7 Å². The van der Waals surface area contributed by atoms with Crippen molar-refractivity contribution in [3.8, 4) is 5.75 Å². The number of carbonyl (C=O) groups is 2. The number of ether oxygens (including phenoxy) is 1. The Bertz CT molecular complexity index is 1410. The zero-order valence-electron chi connectivity index (χ0n) is 21.5. The van der Waals surface area contributed by atoms with Crippen LogP contribution >= 0.6 is 15.9 Å². The third-order valence-corrected chi connectivity index (χ3v) is 6.25. The number of nitrogens with one attached hydrogen (secondary N) is 3. The van der Waals surface area contributed by atoms with Crippen molar-refractivity contribution in [2.24, 2.45) is 0 Å². The fraction of sp³-hybridized carbons (Fsp3) is 0.161. The van der Waals surface area contributed by atoms with Crippen LogP contribution in [0.5, 0.6) is 5.75 Å². The molecule has 0 aliphatic heterocycles. The quantitative estimate of drug-likeness (QED) is 0.202. The molecule has 0 bridgehead atoms. The van der Waals surface area contributed by atoms with Gasteiger partial charge in [0.05, 0.1) is 11.3 Å². The number of hydrogen-bond donors (Lipinski definition) is 3. The number of benzene rings is 4. The van der Waals surface area contributed by atoms with Gasteiger partial charge in [-0.05, 0) is 72.1 Å². The van der Waals surface area contributed by atoms with Gasteiger partial charge in [-0.25, -0.2) is 0 Å². The molecular weight excluding hydrogens is 542 g/mol. The number of rotatable bonds is 8. The van der Waals surface area contributed by atoms with Crippen molar-refractivity contribution in [1.29, 1.82) is 0 Å². The molecule has 0 heterocycles. The summed E-state index contributed by atoms with van der Waals surface area (Å²) in [4.78, 5) is 25.8. The summed E-state index contributed by atoms with van der Waals surface area (Å²) in [7, 11) is 0. The van der Waals surface area contributed by atoms with E-state index in [2.05, 4.69) is 52.7 Å². The lowest BCUT2D eigenvalue weighted by molar-refractivity contribution is -0.118. The molecule has 0 saturated heterocycles. The highest BCUT2D eigenvalue weighted by molar-refractivity contribution is 9.10. The van der Waals surface area contributed by atoms with E-state index in [9.17, 15) is 9.59 Å². The van der Waals surface area contributed by atoms with Crippen LogP contribution in [0.25, 0.3) is 0 Å². The normalized spacial score (nSPS) is 10.9. The second-order valence-corrected chi connectivity index (χ2v) is 10.7. The van der Waals surface area contributed by atoms with E-state index in [1.165, 1.54) is 0 Å². The van der Waals surface area contributed by atoms with Crippen molar-refractivity contribution in [3.63, 3.8) is 0 Å². The molecular formula is C31H30BrN3O3. The minimum atomic E-state index is -0.357. The molecule has 0 aromatic heterocycles. The minimum absolute atomic E-state index is 0.157. The third kappa shape index (κ3) is 7.23. The van der Waals surface area contributed by atoms with Crippen LogP contribution in [-0.4, -0.2) is 18.4 Å². The molecule has 2 amide bonds. The Hall–Kier alpha value is -4.10. The van der Waals surface area contributed by atoms with Gasteiger partial charge in [-0.15, -0.1) is 0 Å². The molecule has 0 unspecified atom stereocenters. The highest BCUT2D eigenvalue weighted by Crippen LogP contribution is 2.33. The average Bonchev–Trinajstić information content (AvgIpc) is 2.89. The molecule has 7 heteroatoms. The predicted octanol–water partition coefficient (Wildman–Crippen LogP) is 7.76. The Morgan fingerprint density at radius 2 is 1.39 bits per heavy atom. The molecule has 0 atom stereocenters. The first-order valence-corrected chi connectivity index (χ1v) is 13.0. The Labute approximate surface area is 231 Å². The molecule has 0 fully saturated rings. The highest BCUT2D eigenvalue weighted by Gasteiger charge is 2.20. The lowest BCUT2D eigenvalue weighted by atomic mass is 9.86. The van der Waals surface area contributed by atoms with Crippen molar-refractivity contribution in [2.75, 3.05) is 22.6 Å². The topological polar surface area (TPSA) is 79.5 Å². The van der Waals surface area contributed by atoms with Crippen molar-refractivity contribution in [1.82, 2.24) is 0 Å². The molecule has 0 spiro atoms. The molecule has 38 heavy (non-hydrogen) atoms. The van der Waals surface area contributed by atoms with Gasteiger partial charge < -0.3 is 20.7 Å². The zero-order chi connectivity index (χ0) is 27.1. The van der Waals surface area contributed by atoms with Gasteiger partial charge in [-0.3, -0.25) is 9.59 Å². The van der Waals surface area contributed by atoms with Crippen LogP contribution in [0, 0.1) is 0 Å². The van der Waals surface area contributed by atoms with Gasteiger partial charge in [0.2, 0.25) is 0 Å². The van der Waals surface area contributed by atoms with Crippen LogP contribution in [0.2, 0.25) is 0 Å². The molecule has 4 aromatic rings. The summed E-state index contributed by atoms with van der Waals surface area (Å²) < 4.78 is 6.81. The van der Waals surface area contributed by atoms with E-state index in [-0.39, 0.29) is 23.8 Å². The van der Waals surface area contributed by atoms with Gasteiger partial charge in [0.1, 0.15) is 5.75 Å². The van der Waals surface area contributed by atoms with Crippen LogP contribution in [-0.2, 0) is 10.2 Å². The van der Waals surface area contributed by atoms with E-state index in [0.29, 0.717) is 22.7 Å². The first-order chi connectivity index (χ1) is 18.2. The first kappa shape index (κ1) is 26.9. The van der Waals surface area contributed by atoms with E-state index >= 15 is 0 Å². The molecule has 3 N–H and O–H groups in total. The second-order valence-electron chi connectivity index (χ2n) is 9.80. The fourth-order valence-electron chi connectivity index (χ4n) is 3.86. The second kappa shape index (κ2) is 12.0. The maximum Gasteiger partial charge on any atom is 0.262 e. The van der Waals surface area contributed by atoms with Crippen LogP contribution in [0.15, 0.2) is 102 Å². The monoisotopic (exact) mass is 571 g/mol. The standard InChI is InChI=1S/C31H30BrN3O3/c1-31(2,3)26-19-21(32)13-18-28(26)38-20-29(36)35-27-12-8-7-11-25(27)30(37)34-24-16-14-23(15-17-24)33-22-9-5-4-6-10-22/h4-19,33H,20H2,1-3H3,(H,34,37)(H,35,36). The fourth-order valence-corrected chi connectivity index (χ4v) is 4.22. The summed E-state index contributed by atoms with van der Waals surface area (Å²) in [5, 5.41) is 9.02. The number of amides is 2. The van der Waals surface area contributed by atoms with Gasteiger partial charge in [0, 0.05) is 27.1 Å². The van der Waals surface area contributed by atoms with Gasteiger partial charge >= 0.3 is 0 Å². The SMILES string of the molecule is CC(C)(C)c1cc(Br)ccc1OCC(=O)Nc1ccccc1C(=O)Nc1ccc(Nc2ccccc2)cc1. The maximum absolute atomic E-state index is 13.0. The summed E-state index contributed by atoms with van der Waals surface area (Å²) in [5.74, 6) is -0.0371. The highest BCUT2D eigenvalue weighted by atomic mass is 79.9. The Morgan fingerprint density at radius 1 is 0.763 bits per heavy atom. The molecule has 6 nitrogen and oxygen atoms in total. The van der Waals surface area contributed by atoms with Crippen molar-refractivity contribution in [2.45, 2.75) is 26.2 Å². The van der Waals surface area contributed by atoms with E-state index in [0.717, 1.165) is 21.4 Å². The van der Waals surface area contributed by atoms with Gasteiger partial charge in [-0.1, -0.05) is 67.0 Å². The van der Waals surface area contributed by atoms with Gasteiger partial charge in [-0.2, -0.15) is 0 Å². The largest absolute Gasteiger partial charge is 0.483 e. The number of carbonyl (C=O) groups excluding carboxylic acids is 2. The number of para-hydroxylation sites is 2. The lowest BCUT2D eigenvalue weighted by Gasteiger charge is -2.23. The number of halogens is 1. The number of hydrogen-bond acceptors (Lipinski definition) is 4. The van der Waals surface area contributed by atoms with Crippen LogP contribution in [0.4, 0.5) is 22.7 Å². The molecule has 0 aliphatic carbocycles. The van der Waals surface area contributed by atoms with E-state index < -0.39 is 0 Å². The predicted molar refractivity (Wildman–Crippen MR) is 158 cm³/mol. The lowest BCUT2D eigenvalue weighted by Crippen LogP contribution is -2.24. The first-order valence-electron chi connectivity index (χ1n) is 12.2. The molecule has 4 rings (SSSR count). The maximum atomic E-state index is 13.0. The Morgan fingerprint density at radius 3 is 2.11 bits per heavy atom. The molecule has 4 aromatic carbocycles. The van der Waals surface area contributed by atoms with Crippen molar-refractivity contribution in [3.05, 3.63) is 113 Å². The minimum Gasteiger partial charge on any atom is -0.483 e. The summed E-state index contributed by atoms with van der Waals surface area (Å²) in [6.45, 7) is 6.08. The van der Waals surface area contributed by atoms with Gasteiger partial charge in [0.15, 0.2) is 6.61 Å². The molecule has 194 valence electrons. The molecule has 0 radical (unpaired) electrons. The van der Waals surface area contributed by atoms with Crippen molar-refractivity contribution >= 4 is 50.5 Å². The summed E-state index contributed by atoms with van der Waals surface area (Å²) >= 11 is 3.50. The van der Waals surface area contributed by atoms with Gasteiger partial charge in [0.25, 0.3) is 11.8 Å².